The van der Waals surface area contributed by atoms with Gasteiger partial charge in [0.05, 0.1) is 6.54 Å². The van der Waals surface area contributed by atoms with E-state index in [2.05, 4.69) is 27.4 Å². The Balaban J connectivity index is 1.71. The molecule has 1 atom stereocenters. The number of nitrogens with one attached hydrogen (secondary N) is 1. The Hall–Kier alpha value is -2.37. The van der Waals surface area contributed by atoms with Gasteiger partial charge in [-0.3, -0.25) is 4.68 Å². The van der Waals surface area contributed by atoms with E-state index in [1.165, 1.54) is 0 Å². The van der Waals surface area contributed by atoms with Crippen molar-refractivity contribution in [2.24, 2.45) is 0 Å². The molecule has 0 spiro atoms. The summed E-state index contributed by atoms with van der Waals surface area (Å²) < 4.78 is 3.64. The molecule has 0 aliphatic carbocycles. The van der Waals surface area contributed by atoms with E-state index in [1.54, 1.807) is 10.7 Å². The first kappa shape index (κ1) is 10.8. The number of hydrogen-bond acceptors (Lipinski definition) is 4. The molecule has 0 amide bonds. The van der Waals surface area contributed by atoms with Crippen LogP contribution in [0.2, 0.25) is 0 Å². The van der Waals surface area contributed by atoms with Crippen molar-refractivity contribution in [3.63, 3.8) is 0 Å². The second kappa shape index (κ2) is 4.48. The predicted molar refractivity (Wildman–Crippen MR) is 68.3 cm³/mol. The molecular formula is C12H14N6. The Bertz CT molecular complexity index is 594. The minimum Gasteiger partial charge on any atom is -0.349 e. The van der Waals surface area contributed by atoms with Crippen LogP contribution in [-0.4, -0.2) is 30.4 Å². The second-order valence-electron chi connectivity index (χ2n) is 4.21. The fourth-order valence-corrected chi connectivity index (χ4v) is 1.85. The fraction of sp³-hybridized carbons (Fsp3) is 0.250. The Labute approximate surface area is 104 Å². The first-order valence-electron chi connectivity index (χ1n) is 5.86. The predicted octanol–water partition coefficient (Wildman–Crippen LogP) is 1.43. The molecule has 3 rings (SSSR count). The Kier molecular flexibility index (Phi) is 2.68. The van der Waals surface area contributed by atoms with Gasteiger partial charge in [0.2, 0.25) is 5.95 Å². The zero-order chi connectivity index (χ0) is 12.4. The molecule has 0 aliphatic heterocycles. The summed E-state index contributed by atoms with van der Waals surface area (Å²) in [6.07, 6.45) is 5.59. The van der Waals surface area contributed by atoms with Gasteiger partial charge in [0.25, 0.3) is 0 Å². The normalized spacial score (nSPS) is 12.7. The van der Waals surface area contributed by atoms with Gasteiger partial charge in [-0.05, 0) is 25.1 Å². The molecular weight excluding hydrogens is 228 g/mol. The van der Waals surface area contributed by atoms with Gasteiger partial charge in [-0.2, -0.15) is 10.1 Å². The van der Waals surface area contributed by atoms with Crippen LogP contribution in [0.15, 0.2) is 42.9 Å². The number of hydrogen-bond donors (Lipinski definition) is 1. The van der Waals surface area contributed by atoms with Crippen LogP contribution < -0.4 is 5.32 Å². The van der Waals surface area contributed by atoms with Crippen molar-refractivity contribution < 1.29 is 0 Å². The molecule has 6 heteroatoms. The SMILES string of the molecule is CC(Cn1cccn1)Nc1nc2ccccn2n1. The van der Waals surface area contributed by atoms with Crippen LogP contribution in [0.3, 0.4) is 0 Å². The van der Waals surface area contributed by atoms with Crippen molar-refractivity contribution in [1.82, 2.24) is 24.4 Å². The third-order valence-electron chi connectivity index (χ3n) is 2.64. The zero-order valence-electron chi connectivity index (χ0n) is 10.1. The number of anilines is 1. The van der Waals surface area contributed by atoms with E-state index >= 15 is 0 Å². The van der Waals surface area contributed by atoms with Crippen molar-refractivity contribution in [3.8, 4) is 0 Å². The maximum absolute atomic E-state index is 4.39. The van der Waals surface area contributed by atoms with Gasteiger partial charge < -0.3 is 5.32 Å². The summed E-state index contributed by atoms with van der Waals surface area (Å²) in [7, 11) is 0. The van der Waals surface area contributed by atoms with Crippen molar-refractivity contribution in [1.29, 1.82) is 0 Å². The summed E-state index contributed by atoms with van der Waals surface area (Å²) in [4.78, 5) is 4.39. The minimum absolute atomic E-state index is 0.210. The van der Waals surface area contributed by atoms with Crippen molar-refractivity contribution >= 4 is 11.6 Å². The van der Waals surface area contributed by atoms with Crippen molar-refractivity contribution in [2.75, 3.05) is 5.32 Å². The van der Waals surface area contributed by atoms with Crippen molar-refractivity contribution in [3.05, 3.63) is 42.9 Å². The van der Waals surface area contributed by atoms with E-state index in [0.717, 1.165) is 12.2 Å². The van der Waals surface area contributed by atoms with Crippen LogP contribution in [0.25, 0.3) is 5.65 Å². The lowest BCUT2D eigenvalue weighted by Gasteiger charge is -2.11. The number of rotatable bonds is 4. The van der Waals surface area contributed by atoms with E-state index in [-0.39, 0.29) is 6.04 Å². The number of pyridine rings is 1. The van der Waals surface area contributed by atoms with Gasteiger partial charge in [-0.1, -0.05) is 6.07 Å². The average Bonchev–Trinajstić information content (AvgIpc) is 2.96. The Morgan fingerprint density at radius 3 is 3.00 bits per heavy atom. The van der Waals surface area contributed by atoms with Crippen LogP contribution in [0, 0.1) is 0 Å². The quantitative estimate of drug-likeness (QED) is 0.751. The number of aromatic nitrogens is 5. The van der Waals surface area contributed by atoms with E-state index in [0.29, 0.717) is 5.95 Å². The van der Waals surface area contributed by atoms with Gasteiger partial charge in [-0.15, -0.1) is 5.10 Å². The topological polar surface area (TPSA) is 60.0 Å². The average molecular weight is 242 g/mol. The molecule has 0 saturated heterocycles. The summed E-state index contributed by atoms with van der Waals surface area (Å²) in [6.45, 7) is 2.86. The highest BCUT2D eigenvalue weighted by Gasteiger charge is 2.07. The summed E-state index contributed by atoms with van der Waals surface area (Å²) in [5.74, 6) is 0.640. The summed E-state index contributed by atoms with van der Waals surface area (Å²) in [5.41, 5.74) is 0.839. The molecule has 6 nitrogen and oxygen atoms in total. The maximum Gasteiger partial charge on any atom is 0.243 e. The van der Waals surface area contributed by atoms with Crippen LogP contribution in [0.5, 0.6) is 0 Å². The first-order valence-corrected chi connectivity index (χ1v) is 5.86. The number of fused-ring (bicyclic) bond motifs is 1. The van der Waals surface area contributed by atoms with E-state index in [4.69, 9.17) is 0 Å². The van der Waals surface area contributed by atoms with Crippen LogP contribution in [0.1, 0.15) is 6.92 Å². The Morgan fingerprint density at radius 2 is 2.22 bits per heavy atom. The van der Waals surface area contributed by atoms with Gasteiger partial charge >= 0.3 is 0 Å². The van der Waals surface area contributed by atoms with Crippen LogP contribution >= 0.6 is 0 Å². The van der Waals surface area contributed by atoms with E-state index < -0.39 is 0 Å². The number of nitrogens with zero attached hydrogens (tertiary/aromatic N) is 5. The molecule has 92 valence electrons. The second-order valence-corrected chi connectivity index (χ2v) is 4.21. The highest BCUT2D eigenvalue weighted by molar-refractivity contribution is 5.43. The van der Waals surface area contributed by atoms with Gasteiger partial charge in [-0.25, -0.2) is 4.52 Å². The molecule has 1 unspecified atom stereocenters. The minimum atomic E-state index is 0.210. The zero-order valence-corrected chi connectivity index (χ0v) is 10.1. The summed E-state index contributed by atoms with van der Waals surface area (Å²) in [5, 5.41) is 11.8. The molecule has 0 aromatic carbocycles. The van der Waals surface area contributed by atoms with Gasteiger partial charge in [0.1, 0.15) is 0 Å². The standard InChI is InChI=1S/C12H14N6/c1-10(9-17-7-4-6-13-17)14-12-15-11-5-2-3-8-18(11)16-12/h2-8,10H,9H2,1H3,(H,14,16). The molecule has 0 radical (unpaired) electrons. The molecule has 1 N–H and O–H groups in total. The Morgan fingerprint density at radius 1 is 1.28 bits per heavy atom. The molecule has 0 aliphatic rings. The maximum atomic E-state index is 4.39. The fourth-order valence-electron chi connectivity index (χ4n) is 1.85. The van der Waals surface area contributed by atoms with Crippen LogP contribution in [-0.2, 0) is 6.54 Å². The molecule has 18 heavy (non-hydrogen) atoms. The summed E-state index contributed by atoms with van der Waals surface area (Å²) >= 11 is 0. The molecule has 0 saturated carbocycles. The van der Waals surface area contributed by atoms with E-state index in [9.17, 15) is 0 Å². The highest BCUT2D eigenvalue weighted by Crippen LogP contribution is 2.06. The lowest BCUT2D eigenvalue weighted by molar-refractivity contribution is 0.558. The largest absolute Gasteiger partial charge is 0.349 e. The lowest BCUT2D eigenvalue weighted by atomic mass is 10.3. The molecule has 3 aromatic rings. The van der Waals surface area contributed by atoms with E-state index in [1.807, 2.05) is 41.3 Å². The van der Waals surface area contributed by atoms with Gasteiger partial charge in [0.15, 0.2) is 5.65 Å². The molecule has 0 fully saturated rings. The third-order valence-corrected chi connectivity index (χ3v) is 2.64. The highest BCUT2D eigenvalue weighted by atomic mass is 15.4. The first-order chi connectivity index (χ1) is 8.81. The van der Waals surface area contributed by atoms with Gasteiger partial charge in [0, 0.05) is 24.6 Å². The van der Waals surface area contributed by atoms with Crippen LogP contribution in [0.4, 0.5) is 5.95 Å². The monoisotopic (exact) mass is 242 g/mol. The molecule has 3 heterocycles. The molecule has 3 aromatic heterocycles. The lowest BCUT2D eigenvalue weighted by Crippen LogP contribution is -2.22. The van der Waals surface area contributed by atoms with Crippen molar-refractivity contribution in [2.45, 2.75) is 19.5 Å². The smallest absolute Gasteiger partial charge is 0.243 e. The summed E-state index contributed by atoms with van der Waals surface area (Å²) in [6, 6.07) is 7.92. The third kappa shape index (κ3) is 2.17. The molecule has 0 bridgehead atoms.